The minimum absolute atomic E-state index is 0.266. The Morgan fingerprint density at radius 3 is 2.73 bits per heavy atom. The van der Waals surface area contributed by atoms with Gasteiger partial charge < -0.3 is 10.0 Å². The van der Waals surface area contributed by atoms with Gasteiger partial charge in [-0.05, 0) is 52.4 Å². The molecule has 1 N–H and O–H groups in total. The van der Waals surface area contributed by atoms with E-state index in [4.69, 9.17) is 5.11 Å². The van der Waals surface area contributed by atoms with Gasteiger partial charge >= 0.3 is 5.97 Å². The van der Waals surface area contributed by atoms with Crippen LogP contribution in [-0.4, -0.2) is 33.9 Å². The molecule has 1 aromatic heterocycles. The summed E-state index contributed by atoms with van der Waals surface area (Å²) in [4.78, 5) is 12.9. The Labute approximate surface area is 158 Å². The van der Waals surface area contributed by atoms with Crippen LogP contribution < -0.4 is 4.90 Å². The number of aromatic nitrogens is 2. The van der Waals surface area contributed by atoms with Crippen molar-refractivity contribution < 1.29 is 9.90 Å². The summed E-state index contributed by atoms with van der Waals surface area (Å²) in [5.41, 5.74) is 2.33. The highest BCUT2D eigenvalue weighted by atomic mass is 16.4. The molecular weight excluding hydrogens is 326 g/mol. The number of carboxylic acids is 1. The zero-order chi connectivity index (χ0) is 19.5. The average molecular weight is 360 g/mol. The minimum Gasteiger partial charge on any atom is -0.481 e. The Bertz CT molecular complexity index is 665. The predicted octanol–water partition coefficient (Wildman–Crippen LogP) is 4.24. The lowest BCUT2D eigenvalue weighted by atomic mass is 10.0. The topological polar surface area (TPSA) is 58.4 Å². The normalized spacial score (nSPS) is 12.4. The Hall–Kier alpha value is -2.22. The van der Waals surface area contributed by atoms with Crippen molar-refractivity contribution in [2.75, 3.05) is 18.0 Å². The fraction of sp³-hybridized carbons (Fsp3) is 0.619. The second-order valence-electron chi connectivity index (χ2n) is 6.84. The van der Waals surface area contributed by atoms with E-state index in [2.05, 4.69) is 48.7 Å². The van der Waals surface area contributed by atoms with Crippen LogP contribution in [0.2, 0.25) is 0 Å². The van der Waals surface area contributed by atoms with E-state index in [1.54, 1.807) is 0 Å². The fourth-order valence-electron chi connectivity index (χ4n) is 3.13. The molecule has 5 nitrogen and oxygen atoms in total. The Kier molecular flexibility index (Phi) is 9.57. The molecule has 144 valence electrons. The van der Waals surface area contributed by atoms with E-state index >= 15 is 0 Å². The lowest BCUT2D eigenvalue weighted by molar-refractivity contribution is -0.137. The first-order chi connectivity index (χ1) is 12.4. The second-order valence-corrected chi connectivity index (χ2v) is 6.84. The van der Waals surface area contributed by atoms with E-state index in [0.29, 0.717) is 5.92 Å². The zero-order valence-electron chi connectivity index (χ0n) is 16.9. The number of aliphatic carboxylic acids is 1. The Balaban J connectivity index is 2.57. The molecule has 0 bridgehead atoms. The summed E-state index contributed by atoms with van der Waals surface area (Å²) in [6.45, 7) is 10.3. The third-order valence-electron chi connectivity index (χ3n) is 4.48. The first-order valence-electron chi connectivity index (χ1n) is 9.47. The van der Waals surface area contributed by atoms with E-state index in [0.717, 1.165) is 50.2 Å². The molecule has 0 aromatic carbocycles. The second kappa shape index (κ2) is 11.4. The molecule has 26 heavy (non-hydrogen) atoms. The van der Waals surface area contributed by atoms with Gasteiger partial charge in [0.05, 0.1) is 11.8 Å². The van der Waals surface area contributed by atoms with Gasteiger partial charge in [-0.15, -0.1) is 5.92 Å². The number of hydrogen-bond donors (Lipinski definition) is 1. The lowest BCUT2D eigenvalue weighted by Crippen LogP contribution is -2.28. The number of unbranched alkanes of at least 4 members (excludes halogenated alkanes) is 1. The van der Waals surface area contributed by atoms with Crippen LogP contribution in [0.1, 0.15) is 65.4 Å². The van der Waals surface area contributed by atoms with Crippen molar-refractivity contribution in [3.63, 3.8) is 0 Å². The number of carboxylic acid groups (broad SMARTS) is 1. The van der Waals surface area contributed by atoms with Crippen molar-refractivity contribution in [1.29, 1.82) is 0 Å². The summed E-state index contributed by atoms with van der Waals surface area (Å²) in [5.74, 6) is 6.97. The molecule has 0 fully saturated rings. The smallest absolute Gasteiger partial charge is 0.303 e. The molecule has 1 heterocycles. The van der Waals surface area contributed by atoms with E-state index in [9.17, 15) is 4.79 Å². The average Bonchev–Trinajstić information content (AvgIpc) is 2.93. The summed E-state index contributed by atoms with van der Waals surface area (Å²) < 4.78 is 1.90. The van der Waals surface area contributed by atoms with Crippen LogP contribution in [0.3, 0.4) is 0 Å². The summed E-state index contributed by atoms with van der Waals surface area (Å²) in [6.07, 6.45) is 8.15. The molecule has 0 aliphatic heterocycles. The van der Waals surface area contributed by atoms with Crippen molar-refractivity contribution in [3.05, 3.63) is 23.4 Å². The number of allylic oxidation sites excluding steroid dienone is 2. The largest absolute Gasteiger partial charge is 0.481 e. The molecule has 1 rings (SSSR count). The summed E-state index contributed by atoms with van der Waals surface area (Å²) in [6, 6.07) is 0. The quantitative estimate of drug-likeness (QED) is 0.365. The van der Waals surface area contributed by atoms with Gasteiger partial charge in [-0.1, -0.05) is 24.5 Å². The van der Waals surface area contributed by atoms with Gasteiger partial charge in [-0.3, -0.25) is 9.48 Å². The van der Waals surface area contributed by atoms with Gasteiger partial charge in [0.1, 0.15) is 5.82 Å². The van der Waals surface area contributed by atoms with Crippen molar-refractivity contribution >= 4 is 11.8 Å². The number of aryl methyl sites for hydroxylation is 1. The zero-order valence-corrected chi connectivity index (χ0v) is 16.9. The summed E-state index contributed by atoms with van der Waals surface area (Å²) >= 11 is 0. The molecule has 0 spiro atoms. The van der Waals surface area contributed by atoms with Gasteiger partial charge in [0.2, 0.25) is 0 Å². The third-order valence-corrected chi connectivity index (χ3v) is 4.48. The monoisotopic (exact) mass is 359 g/mol. The highest BCUT2D eigenvalue weighted by molar-refractivity contribution is 5.66. The maximum absolute atomic E-state index is 10.6. The molecule has 1 atom stereocenters. The lowest BCUT2D eigenvalue weighted by Gasteiger charge is -2.24. The highest BCUT2D eigenvalue weighted by Crippen LogP contribution is 2.21. The van der Waals surface area contributed by atoms with Crippen molar-refractivity contribution in [3.8, 4) is 11.8 Å². The maximum atomic E-state index is 10.6. The molecular formula is C21H33N3O2. The molecule has 0 aliphatic rings. The Morgan fingerprint density at radius 2 is 2.12 bits per heavy atom. The van der Waals surface area contributed by atoms with Crippen LogP contribution in [-0.2, 0) is 11.8 Å². The fourth-order valence-corrected chi connectivity index (χ4v) is 3.13. The summed E-state index contributed by atoms with van der Waals surface area (Å²) in [5, 5.41) is 13.0. The summed E-state index contributed by atoms with van der Waals surface area (Å²) in [7, 11) is 1.96. The molecule has 5 heteroatoms. The Morgan fingerprint density at radius 1 is 1.42 bits per heavy atom. The van der Waals surface area contributed by atoms with Crippen molar-refractivity contribution in [2.24, 2.45) is 13.0 Å². The van der Waals surface area contributed by atoms with Crippen LogP contribution in [0.5, 0.6) is 0 Å². The van der Waals surface area contributed by atoms with Crippen LogP contribution in [0.4, 0.5) is 5.82 Å². The number of nitrogens with zero attached hydrogens (tertiary/aromatic N) is 3. The molecule has 1 aromatic rings. The van der Waals surface area contributed by atoms with Crippen LogP contribution >= 0.6 is 0 Å². The number of rotatable bonds is 11. The van der Waals surface area contributed by atoms with E-state index < -0.39 is 5.97 Å². The molecule has 0 saturated carbocycles. The first kappa shape index (κ1) is 21.8. The van der Waals surface area contributed by atoms with E-state index in [1.165, 1.54) is 5.57 Å². The molecule has 0 radical (unpaired) electrons. The minimum atomic E-state index is -0.707. The number of anilines is 1. The van der Waals surface area contributed by atoms with Crippen LogP contribution in [0, 0.1) is 17.8 Å². The first-order valence-corrected chi connectivity index (χ1v) is 9.47. The predicted molar refractivity (Wildman–Crippen MR) is 107 cm³/mol. The molecule has 0 aliphatic carbocycles. The third kappa shape index (κ3) is 7.35. The standard InChI is InChI=1S/C21H33N3O2/c1-6-10-19-16-22-23(5)21(19)24(7-2)14-13-18(4)15-17(3)11-8-9-12-20(25)26/h15-16,18H,7-9,11-14H2,1-5H3,(H,25,26)/b17-15+. The van der Waals surface area contributed by atoms with Crippen molar-refractivity contribution in [2.45, 2.75) is 59.8 Å². The van der Waals surface area contributed by atoms with Gasteiger partial charge in [0, 0.05) is 26.6 Å². The van der Waals surface area contributed by atoms with Gasteiger partial charge in [-0.2, -0.15) is 5.10 Å². The van der Waals surface area contributed by atoms with E-state index in [-0.39, 0.29) is 6.42 Å². The van der Waals surface area contributed by atoms with Crippen LogP contribution in [0.25, 0.3) is 0 Å². The number of hydrogen-bond acceptors (Lipinski definition) is 3. The SMILES string of the molecule is CC#Cc1cnn(C)c1N(CC)CCC(C)/C=C(\C)CCCCC(=O)O. The van der Waals surface area contributed by atoms with Crippen LogP contribution in [0.15, 0.2) is 17.8 Å². The van der Waals surface area contributed by atoms with Crippen molar-refractivity contribution in [1.82, 2.24) is 9.78 Å². The molecule has 0 amide bonds. The maximum Gasteiger partial charge on any atom is 0.303 e. The number of carbonyl (C=O) groups is 1. The molecule has 0 saturated heterocycles. The van der Waals surface area contributed by atoms with Gasteiger partial charge in [-0.25, -0.2) is 0 Å². The van der Waals surface area contributed by atoms with Gasteiger partial charge in [0.15, 0.2) is 0 Å². The highest BCUT2D eigenvalue weighted by Gasteiger charge is 2.14. The van der Waals surface area contributed by atoms with Gasteiger partial charge in [0.25, 0.3) is 0 Å². The van der Waals surface area contributed by atoms with E-state index in [1.807, 2.05) is 24.9 Å². The molecule has 1 unspecified atom stereocenters.